The van der Waals surface area contributed by atoms with Crippen LogP contribution in [0.5, 0.6) is 0 Å². The SMILES string of the molecule is CCCCC(=O)N=c1sc2cc(CC)ccc2n1CC(=O)OCC. The number of unbranched alkanes of at least 4 members (excludes halogenated alkanes) is 1. The summed E-state index contributed by atoms with van der Waals surface area (Å²) in [6.07, 6.45) is 3.15. The van der Waals surface area contributed by atoms with Gasteiger partial charge in [-0.3, -0.25) is 9.59 Å². The van der Waals surface area contributed by atoms with E-state index in [0.29, 0.717) is 17.8 Å². The maximum Gasteiger partial charge on any atom is 0.326 e. The second-order valence-electron chi connectivity index (χ2n) is 5.54. The Morgan fingerprint density at radius 1 is 1.25 bits per heavy atom. The van der Waals surface area contributed by atoms with Gasteiger partial charge in [-0.2, -0.15) is 4.99 Å². The molecule has 1 amide bonds. The fourth-order valence-electron chi connectivity index (χ4n) is 2.40. The molecule has 0 aliphatic heterocycles. The van der Waals surface area contributed by atoms with Crippen molar-refractivity contribution in [2.24, 2.45) is 4.99 Å². The molecule has 1 aromatic carbocycles. The van der Waals surface area contributed by atoms with Crippen LogP contribution in [0.2, 0.25) is 0 Å². The molecule has 2 rings (SSSR count). The van der Waals surface area contributed by atoms with Crippen molar-refractivity contribution in [3.63, 3.8) is 0 Å². The largest absolute Gasteiger partial charge is 0.465 e. The van der Waals surface area contributed by atoms with Gasteiger partial charge >= 0.3 is 5.97 Å². The summed E-state index contributed by atoms with van der Waals surface area (Å²) < 4.78 is 7.86. The molecule has 5 nitrogen and oxygen atoms in total. The molecule has 2 aromatic rings. The monoisotopic (exact) mass is 348 g/mol. The quantitative estimate of drug-likeness (QED) is 0.720. The molecule has 130 valence electrons. The molecule has 6 heteroatoms. The summed E-state index contributed by atoms with van der Waals surface area (Å²) in [5, 5.41) is 0. The zero-order valence-electron chi connectivity index (χ0n) is 14.5. The first-order chi connectivity index (χ1) is 11.6. The molecule has 1 aromatic heterocycles. The predicted molar refractivity (Wildman–Crippen MR) is 95.9 cm³/mol. The number of thiazole rings is 1. The average molecular weight is 348 g/mol. The molecule has 0 bridgehead atoms. The van der Waals surface area contributed by atoms with Crippen LogP contribution in [-0.2, 0) is 27.3 Å². The Morgan fingerprint density at radius 3 is 2.71 bits per heavy atom. The summed E-state index contributed by atoms with van der Waals surface area (Å²) in [7, 11) is 0. The van der Waals surface area contributed by atoms with Crippen LogP contribution in [0, 0.1) is 0 Å². The average Bonchev–Trinajstić information content (AvgIpc) is 2.89. The number of hydrogen-bond acceptors (Lipinski definition) is 4. The highest BCUT2D eigenvalue weighted by Gasteiger charge is 2.12. The van der Waals surface area contributed by atoms with Crippen molar-refractivity contribution < 1.29 is 14.3 Å². The summed E-state index contributed by atoms with van der Waals surface area (Å²) in [4.78, 5) is 28.8. The summed E-state index contributed by atoms with van der Waals surface area (Å²) >= 11 is 1.44. The Hall–Kier alpha value is -1.95. The number of esters is 1. The first kappa shape index (κ1) is 18.4. The van der Waals surface area contributed by atoms with Crippen LogP contribution in [-0.4, -0.2) is 23.1 Å². The minimum Gasteiger partial charge on any atom is -0.465 e. The molecule has 0 saturated carbocycles. The highest BCUT2D eigenvalue weighted by Crippen LogP contribution is 2.20. The molecule has 0 spiro atoms. The van der Waals surface area contributed by atoms with Gasteiger partial charge in [0, 0.05) is 6.42 Å². The van der Waals surface area contributed by atoms with Gasteiger partial charge in [0.1, 0.15) is 6.54 Å². The number of carbonyl (C=O) groups excluding carboxylic acids is 2. The normalized spacial score (nSPS) is 11.9. The van der Waals surface area contributed by atoms with E-state index in [1.165, 1.54) is 16.9 Å². The number of hydrogen-bond donors (Lipinski definition) is 0. The zero-order valence-corrected chi connectivity index (χ0v) is 15.3. The molecular weight excluding hydrogens is 324 g/mol. The Bertz CT molecular complexity index is 789. The van der Waals surface area contributed by atoms with Gasteiger partial charge in [0.25, 0.3) is 0 Å². The van der Waals surface area contributed by atoms with Crippen molar-refractivity contribution in [3.8, 4) is 0 Å². The van der Waals surface area contributed by atoms with Crippen molar-refractivity contribution in [1.29, 1.82) is 0 Å². The van der Waals surface area contributed by atoms with E-state index in [-0.39, 0.29) is 18.4 Å². The maximum atomic E-state index is 12.0. The van der Waals surface area contributed by atoms with Crippen LogP contribution >= 0.6 is 11.3 Å². The van der Waals surface area contributed by atoms with Crippen LogP contribution in [0.1, 0.15) is 45.6 Å². The lowest BCUT2D eigenvalue weighted by Gasteiger charge is -2.05. The van der Waals surface area contributed by atoms with Crippen LogP contribution in [0.25, 0.3) is 10.2 Å². The fraction of sp³-hybridized carbons (Fsp3) is 0.500. The van der Waals surface area contributed by atoms with E-state index < -0.39 is 0 Å². The molecule has 0 unspecified atom stereocenters. The molecule has 0 fully saturated rings. The number of ether oxygens (including phenoxy) is 1. The van der Waals surface area contributed by atoms with E-state index in [2.05, 4.69) is 18.0 Å². The van der Waals surface area contributed by atoms with Gasteiger partial charge in [0.15, 0.2) is 4.80 Å². The summed E-state index contributed by atoms with van der Waals surface area (Å²) in [5.74, 6) is -0.462. The van der Waals surface area contributed by atoms with Crippen LogP contribution in [0.3, 0.4) is 0 Å². The number of rotatable bonds is 7. The Labute approximate surface area is 146 Å². The molecule has 0 atom stereocenters. The second-order valence-corrected chi connectivity index (χ2v) is 6.55. The van der Waals surface area contributed by atoms with Crippen molar-refractivity contribution >= 4 is 33.4 Å². The zero-order chi connectivity index (χ0) is 17.5. The van der Waals surface area contributed by atoms with Gasteiger partial charge in [-0.15, -0.1) is 0 Å². The first-order valence-electron chi connectivity index (χ1n) is 8.44. The Morgan fingerprint density at radius 2 is 2.04 bits per heavy atom. The van der Waals surface area contributed by atoms with Gasteiger partial charge in [0.2, 0.25) is 5.91 Å². The van der Waals surface area contributed by atoms with Crippen LogP contribution in [0.15, 0.2) is 23.2 Å². The van der Waals surface area contributed by atoms with Gasteiger partial charge in [0.05, 0.1) is 16.8 Å². The van der Waals surface area contributed by atoms with E-state index in [0.717, 1.165) is 29.5 Å². The fourth-order valence-corrected chi connectivity index (χ4v) is 3.51. The molecule has 0 saturated heterocycles. The predicted octanol–water partition coefficient (Wildman–Crippen LogP) is 3.45. The van der Waals surface area contributed by atoms with Crippen LogP contribution < -0.4 is 4.80 Å². The Kier molecular flexibility index (Phi) is 6.73. The van der Waals surface area contributed by atoms with Gasteiger partial charge in [-0.25, -0.2) is 0 Å². The third-order valence-corrected chi connectivity index (χ3v) is 4.75. The van der Waals surface area contributed by atoms with Crippen molar-refractivity contribution in [3.05, 3.63) is 28.6 Å². The standard InChI is InChI=1S/C18H24N2O3S/c1-4-7-8-16(21)19-18-20(12-17(22)23-6-3)14-10-9-13(5-2)11-15(14)24-18/h9-11H,4-8,12H2,1-3H3. The minimum atomic E-state index is -0.320. The summed E-state index contributed by atoms with van der Waals surface area (Å²) in [6, 6.07) is 6.12. The number of benzene rings is 1. The second kappa shape index (κ2) is 8.78. The topological polar surface area (TPSA) is 60.7 Å². The third-order valence-electron chi connectivity index (χ3n) is 3.71. The maximum absolute atomic E-state index is 12.0. The van der Waals surface area contributed by atoms with E-state index in [1.807, 2.05) is 19.1 Å². The highest BCUT2D eigenvalue weighted by molar-refractivity contribution is 7.16. The minimum absolute atomic E-state index is 0.0687. The van der Waals surface area contributed by atoms with Gasteiger partial charge in [-0.1, -0.05) is 37.7 Å². The van der Waals surface area contributed by atoms with Crippen molar-refractivity contribution in [1.82, 2.24) is 4.57 Å². The lowest BCUT2D eigenvalue weighted by Crippen LogP contribution is -2.23. The number of fused-ring (bicyclic) bond motifs is 1. The highest BCUT2D eigenvalue weighted by atomic mass is 32.1. The lowest BCUT2D eigenvalue weighted by molar-refractivity contribution is -0.143. The smallest absolute Gasteiger partial charge is 0.326 e. The number of nitrogens with zero attached hydrogens (tertiary/aromatic N) is 2. The number of amides is 1. The van der Waals surface area contributed by atoms with E-state index >= 15 is 0 Å². The van der Waals surface area contributed by atoms with E-state index in [1.54, 1.807) is 11.5 Å². The van der Waals surface area contributed by atoms with E-state index in [9.17, 15) is 9.59 Å². The summed E-state index contributed by atoms with van der Waals surface area (Å²) in [6.45, 7) is 6.32. The van der Waals surface area contributed by atoms with Crippen molar-refractivity contribution in [2.75, 3.05) is 6.61 Å². The first-order valence-corrected chi connectivity index (χ1v) is 9.26. The Balaban J connectivity index is 2.48. The molecule has 0 aliphatic carbocycles. The molecule has 0 radical (unpaired) electrons. The lowest BCUT2D eigenvalue weighted by atomic mass is 10.2. The molecule has 24 heavy (non-hydrogen) atoms. The molecule has 1 heterocycles. The third kappa shape index (κ3) is 4.54. The summed E-state index contributed by atoms with van der Waals surface area (Å²) in [5.41, 5.74) is 2.13. The molecule has 0 aliphatic rings. The molecule has 0 N–H and O–H groups in total. The number of aromatic nitrogens is 1. The van der Waals surface area contributed by atoms with E-state index in [4.69, 9.17) is 4.74 Å². The number of carbonyl (C=O) groups is 2. The van der Waals surface area contributed by atoms with Crippen LogP contribution in [0.4, 0.5) is 0 Å². The molecular formula is C18H24N2O3S. The van der Waals surface area contributed by atoms with Gasteiger partial charge in [-0.05, 0) is 37.5 Å². The van der Waals surface area contributed by atoms with Gasteiger partial charge < -0.3 is 9.30 Å². The number of aryl methyl sites for hydroxylation is 1. The van der Waals surface area contributed by atoms with Crippen molar-refractivity contribution in [2.45, 2.75) is 53.0 Å².